The van der Waals surface area contributed by atoms with Gasteiger partial charge in [0.15, 0.2) is 0 Å². The molecule has 0 saturated carbocycles. The van der Waals surface area contributed by atoms with Crippen LogP contribution < -0.4 is 11.5 Å². The van der Waals surface area contributed by atoms with E-state index in [1.54, 1.807) is 0 Å². The van der Waals surface area contributed by atoms with Crippen LogP contribution in [0.3, 0.4) is 0 Å². The number of fused-ring (bicyclic) bond motifs is 1. The highest BCUT2D eigenvalue weighted by atomic mass is 16.3. The Morgan fingerprint density at radius 1 is 0.946 bits per heavy atom. The molecule has 0 radical (unpaired) electrons. The molecule has 5 nitrogen and oxygen atoms in total. The number of aliphatic hydroxyl groups excluding tert-OH is 1. The van der Waals surface area contributed by atoms with E-state index >= 15 is 0 Å². The normalized spacial score (nSPS) is 17.5. The Kier molecular flexibility index (Phi) is 12.2. The number of rotatable bonds is 11. The second kappa shape index (κ2) is 14.4. The van der Waals surface area contributed by atoms with Crippen LogP contribution in [0.15, 0.2) is 36.4 Å². The Balaban J connectivity index is 0.000000273. The van der Waals surface area contributed by atoms with Gasteiger partial charge < -0.3 is 21.5 Å². The van der Waals surface area contributed by atoms with Gasteiger partial charge in [0.25, 0.3) is 0 Å². The van der Waals surface area contributed by atoms with Crippen LogP contribution in [-0.4, -0.2) is 53.3 Å². The quantitative estimate of drug-likeness (QED) is 0.348. The van der Waals surface area contributed by atoms with Gasteiger partial charge in [0.1, 0.15) is 0 Å². The van der Waals surface area contributed by atoms with Gasteiger partial charge in [0.2, 0.25) is 0 Å². The summed E-state index contributed by atoms with van der Waals surface area (Å²) in [7, 11) is 0. The monoisotopic (exact) mass is 510 g/mol. The smallest absolute Gasteiger partial charge is 0.0705 e. The van der Waals surface area contributed by atoms with Gasteiger partial charge in [-0.05, 0) is 105 Å². The van der Waals surface area contributed by atoms with Crippen molar-refractivity contribution in [2.45, 2.75) is 110 Å². The topological polar surface area (TPSA) is 88.4 Å². The van der Waals surface area contributed by atoms with Gasteiger partial charge in [0, 0.05) is 23.8 Å². The standard InChI is InChI=1S/C20H25N.C12H29N3O/c1-14-7-6-8-18(21-14)15-9-10-16-17(13-15)20(4,5)12-11-19(16,2)3;1-3-7-15(8-4-2)9-5-6-12(16)11(14)10-13/h6-10,13H,11-12H2,1-5H3;11-12,16H,3-10,13-14H2,1-2H3. The number of hydrogen-bond acceptors (Lipinski definition) is 5. The molecule has 0 spiro atoms. The van der Waals surface area contributed by atoms with Crippen LogP contribution in [0.25, 0.3) is 11.3 Å². The van der Waals surface area contributed by atoms with Crippen LogP contribution in [0.2, 0.25) is 0 Å². The molecular weight excluding hydrogens is 456 g/mol. The fourth-order valence-corrected chi connectivity index (χ4v) is 5.31. The lowest BCUT2D eigenvalue weighted by molar-refractivity contribution is 0.128. The molecule has 0 saturated heterocycles. The summed E-state index contributed by atoms with van der Waals surface area (Å²) in [5.74, 6) is 0. The summed E-state index contributed by atoms with van der Waals surface area (Å²) in [5, 5.41) is 9.67. The van der Waals surface area contributed by atoms with E-state index in [0.29, 0.717) is 6.54 Å². The number of benzene rings is 1. The maximum Gasteiger partial charge on any atom is 0.0705 e. The minimum atomic E-state index is -0.449. The van der Waals surface area contributed by atoms with E-state index in [-0.39, 0.29) is 16.9 Å². The molecule has 1 heterocycles. The lowest BCUT2D eigenvalue weighted by atomic mass is 9.63. The van der Waals surface area contributed by atoms with Gasteiger partial charge in [-0.3, -0.25) is 4.98 Å². The van der Waals surface area contributed by atoms with E-state index in [4.69, 9.17) is 11.5 Å². The molecule has 2 atom stereocenters. The van der Waals surface area contributed by atoms with Crippen molar-refractivity contribution < 1.29 is 5.11 Å². The zero-order valence-corrected chi connectivity index (χ0v) is 24.7. The molecule has 37 heavy (non-hydrogen) atoms. The van der Waals surface area contributed by atoms with E-state index in [1.807, 2.05) is 0 Å². The number of pyridine rings is 1. The third-order valence-corrected chi connectivity index (χ3v) is 7.86. The number of nitrogens with two attached hydrogens (primary N) is 2. The summed E-state index contributed by atoms with van der Waals surface area (Å²) in [5.41, 5.74) is 18.0. The highest BCUT2D eigenvalue weighted by Gasteiger charge is 2.37. The van der Waals surface area contributed by atoms with E-state index in [2.05, 4.69) is 94.7 Å². The summed E-state index contributed by atoms with van der Waals surface area (Å²) < 4.78 is 0. The summed E-state index contributed by atoms with van der Waals surface area (Å²) in [6.45, 7) is 19.6. The Morgan fingerprint density at radius 2 is 1.57 bits per heavy atom. The largest absolute Gasteiger partial charge is 0.391 e. The Labute approximate surface area is 227 Å². The van der Waals surface area contributed by atoms with Gasteiger partial charge in [0.05, 0.1) is 11.8 Å². The van der Waals surface area contributed by atoms with Crippen LogP contribution in [-0.2, 0) is 10.8 Å². The molecule has 0 fully saturated rings. The summed E-state index contributed by atoms with van der Waals surface area (Å²) in [4.78, 5) is 7.12. The first-order valence-corrected chi connectivity index (χ1v) is 14.4. The van der Waals surface area contributed by atoms with Crippen molar-refractivity contribution in [3.63, 3.8) is 0 Å². The highest BCUT2D eigenvalue weighted by Crippen LogP contribution is 2.46. The number of aryl methyl sites for hydroxylation is 1. The zero-order valence-electron chi connectivity index (χ0n) is 24.7. The zero-order chi connectivity index (χ0) is 27.6. The minimum absolute atomic E-state index is 0.255. The van der Waals surface area contributed by atoms with Crippen molar-refractivity contribution in [2.24, 2.45) is 11.5 Å². The molecule has 2 unspecified atom stereocenters. The van der Waals surface area contributed by atoms with Crippen molar-refractivity contribution in [1.82, 2.24) is 9.88 Å². The second-order valence-corrected chi connectivity index (χ2v) is 12.1. The number of nitrogens with zero attached hydrogens (tertiary/aromatic N) is 2. The van der Waals surface area contributed by atoms with Gasteiger partial charge in [-0.1, -0.05) is 59.7 Å². The van der Waals surface area contributed by atoms with Crippen LogP contribution >= 0.6 is 0 Å². The molecular formula is C32H54N4O. The van der Waals surface area contributed by atoms with Gasteiger partial charge >= 0.3 is 0 Å². The summed E-state index contributed by atoms with van der Waals surface area (Å²) >= 11 is 0. The van der Waals surface area contributed by atoms with Crippen LogP contribution in [0.4, 0.5) is 0 Å². The van der Waals surface area contributed by atoms with Crippen molar-refractivity contribution in [1.29, 1.82) is 0 Å². The Bertz CT molecular complexity index is 950. The third kappa shape index (κ3) is 9.17. The highest BCUT2D eigenvalue weighted by molar-refractivity contribution is 5.63. The fraction of sp³-hybridized carbons (Fsp3) is 0.656. The Hall–Kier alpha value is -1.79. The number of hydrogen-bond donors (Lipinski definition) is 3. The molecule has 2 aromatic rings. The lowest BCUT2D eigenvalue weighted by Gasteiger charge is -2.42. The van der Waals surface area contributed by atoms with Crippen molar-refractivity contribution in [3.05, 3.63) is 53.2 Å². The van der Waals surface area contributed by atoms with E-state index in [9.17, 15) is 5.11 Å². The average Bonchev–Trinajstić information content (AvgIpc) is 2.86. The minimum Gasteiger partial charge on any atom is -0.391 e. The first-order valence-electron chi connectivity index (χ1n) is 14.4. The molecule has 208 valence electrons. The Morgan fingerprint density at radius 3 is 2.14 bits per heavy atom. The maximum atomic E-state index is 9.67. The van der Waals surface area contributed by atoms with Crippen molar-refractivity contribution >= 4 is 0 Å². The molecule has 1 aliphatic carbocycles. The SMILES string of the molecule is CCCN(CCC)CCCC(O)C(N)CN.Cc1cccc(-c2ccc3c(c2)C(C)(C)CCC3(C)C)n1. The predicted octanol–water partition coefficient (Wildman–Crippen LogP) is 5.94. The second-order valence-electron chi connectivity index (χ2n) is 12.1. The van der Waals surface area contributed by atoms with Gasteiger partial charge in [-0.2, -0.15) is 0 Å². The molecule has 5 heteroatoms. The molecule has 1 aromatic carbocycles. The van der Waals surface area contributed by atoms with Crippen LogP contribution in [0, 0.1) is 6.92 Å². The van der Waals surface area contributed by atoms with E-state index in [1.165, 1.54) is 42.4 Å². The van der Waals surface area contributed by atoms with Crippen LogP contribution in [0.5, 0.6) is 0 Å². The average molecular weight is 511 g/mol. The first-order chi connectivity index (χ1) is 17.4. The third-order valence-electron chi connectivity index (χ3n) is 7.86. The van der Waals surface area contributed by atoms with E-state index in [0.717, 1.165) is 43.9 Å². The van der Waals surface area contributed by atoms with Crippen molar-refractivity contribution in [3.8, 4) is 11.3 Å². The fourth-order valence-electron chi connectivity index (χ4n) is 5.31. The molecule has 1 aliphatic rings. The van der Waals surface area contributed by atoms with Gasteiger partial charge in [-0.25, -0.2) is 0 Å². The molecule has 0 bridgehead atoms. The summed E-state index contributed by atoms with van der Waals surface area (Å²) in [6, 6.07) is 12.9. The van der Waals surface area contributed by atoms with Gasteiger partial charge in [-0.15, -0.1) is 0 Å². The molecule has 0 amide bonds. The lowest BCUT2D eigenvalue weighted by Crippen LogP contribution is -2.41. The first kappa shape index (κ1) is 31.4. The number of aliphatic hydroxyl groups is 1. The van der Waals surface area contributed by atoms with E-state index < -0.39 is 6.10 Å². The molecule has 1 aromatic heterocycles. The molecule has 5 N–H and O–H groups in total. The predicted molar refractivity (Wildman–Crippen MR) is 159 cm³/mol. The molecule has 0 aliphatic heterocycles. The maximum absolute atomic E-state index is 9.67. The number of aromatic nitrogens is 1. The van der Waals surface area contributed by atoms with Crippen molar-refractivity contribution in [2.75, 3.05) is 26.2 Å². The van der Waals surface area contributed by atoms with Crippen LogP contribution in [0.1, 0.15) is 96.9 Å². The molecule has 3 rings (SSSR count). The summed E-state index contributed by atoms with van der Waals surface area (Å²) in [6.07, 6.45) is 6.18.